The van der Waals surface area contributed by atoms with Crippen LogP contribution in [0, 0.1) is 29.1 Å². The minimum absolute atomic E-state index is 0.0338. The van der Waals surface area contributed by atoms with Gasteiger partial charge in [-0.25, -0.2) is 0 Å². The third-order valence-electron chi connectivity index (χ3n) is 7.21. The van der Waals surface area contributed by atoms with Gasteiger partial charge in [0.15, 0.2) is 0 Å². The molecular weight excluding hydrogens is 380 g/mol. The van der Waals surface area contributed by atoms with Crippen LogP contribution in [0.4, 0.5) is 0 Å². The van der Waals surface area contributed by atoms with Crippen molar-refractivity contribution in [3.63, 3.8) is 0 Å². The monoisotopic (exact) mass is 416 g/mol. The van der Waals surface area contributed by atoms with E-state index in [-0.39, 0.29) is 42.2 Å². The first-order valence-electron chi connectivity index (χ1n) is 11.4. The molecule has 1 saturated heterocycles. The van der Waals surface area contributed by atoms with E-state index in [0.29, 0.717) is 24.7 Å². The fourth-order valence-corrected chi connectivity index (χ4v) is 4.96. The second kappa shape index (κ2) is 9.07. The van der Waals surface area contributed by atoms with E-state index in [1.54, 1.807) is 0 Å². The van der Waals surface area contributed by atoms with Crippen LogP contribution < -0.4 is 0 Å². The van der Waals surface area contributed by atoms with Gasteiger partial charge in [0.25, 0.3) is 0 Å². The molecule has 1 heterocycles. The summed E-state index contributed by atoms with van der Waals surface area (Å²) in [6, 6.07) is 0. The summed E-state index contributed by atoms with van der Waals surface area (Å²) in [6.45, 7) is 10.3. The van der Waals surface area contributed by atoms with Crippen LogP contribution in [0.1, 0.15) is 73.1 Å². The molecule has 0 amide bonds. The van der Waals surface area contributed by atoms with Crippen LogP contribution in [0.15, 0.2) is 23.8 Å². The molecule has 1 aliphatic heterocycles. The molecule has 5 heteroatoms. The Morgan fingerprint density at radius 2 is 1.97 bits per heavy atom. The maximum atomic E-state index is 12.9. The molecule has 2 aliphatic carbocycles. The molecule has 0 saturated carbocycles. The van der Waals surface area contributed by atoms with Crippen molar-refractivity contribution in [2.24, 2.45) is 29.1 Å². The Balaban J connectivity index is 1.77. The topological polar surface area (TPSA) is 69.7 Å². The van der Waals surface area contributed by atoms with Gasteiger partial charge >= 0.3 is 11.9 Å². The van der Waals surface area contributed by atoms with E-state index in [2.05, 4.69) is 32.1 Å². The first-order chi connectivity index (χ1) is 14.1. The predicted molar refractivity (Wildman–Crippen MR) is 114 cm³/mol. The number of fused-ring (bicyclic) bond motifs is 1. The first kappa shape index (κ1) is 22.8. The van der Waals surface area contributed by atoms with E-state index in [4.69, 9.17) is 9.47 Å². The lowest BCUT2D eigenvalue weighted by molar-refractivity contribution is -0.165. The number of rotatable bonds is 6. The summed E-state index contributed by atoms with van der Waals surface area (Å²) in [5, 5.41) is 0. The molecule has 166 valence electrons. The van der Waals surface area contributed by atoms with Crippen LogP contribution in [-0.2, 0) is 23.9 Å². The van der Waals surface area contributed by atoms with Gasteiger partial charge in [0.2, 0.25) is 0 Å². The van der Waals surface area contributed by atoms with Crippen LogP contribution in [0.25, 0.3) is 0 Å². The number of allylic oxidation sites excluding steroid dienone is 3. The average Bonchev–Trinajstić information content (AvgIpc) is 2.66. The Bertz CT molecular complexity index is 731. The highest BCUT2D eigenvalue weighted by atomic mass is 16.5. The SMILES string of the molecule is CCC(C)(C)C(=O)O[C@H]1C[C@@H](C)C=C2C=C[C@H](C)[C@H](CCC3CC(=O)CC(=O)O3)[C@H]21. The quantitative estimate of drug-likeness (QED) is 0.460. The summed E-state index contributed by atoms with van der Waals surface area (Å²) in [5.41, 5.74) is 0.757. The number of ether oxygens (including phenoxy) is 2. The fourth-order valence-electron chi connectivity index (χ4n) is 4.96. The zero-order valence-electron chi connectivity index (χ0n) is 19.0. The van der Waals surface area contributed by atoms with Crippen molar-refractivity contribution in [2.45, 2.75) is 85.4 Å². The number of hydrogen-bond acceptors (Lipinski definition) is 5. The molecule has 3 rings (SSSR count). The van der Waals surface area contributed by atoms with Crippen molar-refractivity contribution >= 4 is 17.7 Å². The maximum Gasteiger partial charge on any atom is 0.313 e. The average molecular weight is 417 g/mol. The number of cyclic esters (lactones) is 1. The number of ketones is 1. The summed E-state index contributed by atoms with van der Waals surface area (Å²) in [5.74, 6) is 0.545. The summed E-state index contributed by atoms with van der Waals surface area (Å²) in [6.07, 6.45) is 9.54. The van der Waals surface area contributed by atoms with E-state index in [1.807, 2.05) is 20.8 Å². The van der Waals surface area contributed by atoms with E-state index in [9.17, 15) is 14.4 Å². The van der Waals surface area contributed by atoms with Gasteiger partial charge in [-0.15, -0.1) is 0 Å². The molecule has 0 aromatic carbocycles. The second-order valence-electron chi connectivity index (χ2n) is 10.1. The van der Waals surface area contributed by atoms with Gasteiger partial charge in [-0.1, -0.05) is 39.0 Å². The molecule has 1 unspecified atom stereocenters. The third kappa shape index (κ3) is 5.04. The summed E-state index contributed by atoms with van der Waals surface area (Å²) in [7, 11) is 0. The lowest BCUT2D eigenvalue weighted by Gasteiger charge is -2.44. The summed E-state index contributed by atoms with van der Waals surface area (Å²) in [4.78, 5) is 36.3. The highest BCUT2D eigenvalue weighted by Crippen LogP contribution is 2.45. The van der Waals surface area contributed by atoms with Crippen LogP contribution in [0.2, 0.25) is 0 Å². The molecule has 0 spiro atoms. The molecule has 3 aliphatic rings. The molecule has 6 atom stereocenters. The minimum atomic E-state index is -0.493. The van der Waals surface area contributed by atoms with Crippen LogP contribution in [-0.4, -0.2) is 29.9 Å². The summed E-state index contributed by atoms with van der Waals surface area (Å²) < 4.78 is 11.5. The predicted octanol–water partition coefficient (Wildman–Crippen LogP) is 4.79. The van der Waals surface area contributed by atoms with Gasteiger partial charge in [0.05, 0.1) is 5.41 Å². The van der Waals surface area contributed by atoms with Crippen molar-refractivity contribution in [1.29, 1.82) is 0 Å². The van der Waals surface area contributed by atoms with E-state index >= 15 is 0 Å². The smallest absolute Gasteiger partial charge is 0.313 e. The van der Waals surface area contributed by atoms with Gasteiger partial charge in [-0.2, -0.15) is 0 Å². The number of carbonyl (C=O) groups excluding carboxylic acids is 3. The standard InChI is InChI=1S/C25H36O5/c1-6-25(4,5)24(28)30-21-12-15(2)11-17-8-7-16(3)20(23(17)21)10-9-19-13-18(26)14-22(27)29-19/h7-8,11,15-16,19-21,23H,6,9-10,12-14H2,1-5H3/t15-,16-,19?,20-,21-,23-/m0/s1. The Morgan fingerprint density at radius 1 is 1.23 bits per heavy atom. The molecule has 1 fully saturated rings. The molecular formula is C25H36O5. The fraction of sp³-hybridized carbons (Fsp3) is 0.720. The highest BCUT2D eigenvalue weighted by molar-refractivity contribution is 5.97. The molecule has 5 nitrogen and oxygen atoms in total. The van der Waals surface area contributed by atoms with E-state index < -0.39 is 11.4 Å². The summed E-state index contributed by atoms with van der Waals surface area (Å²) >= 11 is 0. The zero-order chi connectivity index (χ0) is 22.1. The third-order valence-corrected chi connectivity index (χ3v) is 7.21. The van der Waals surface area contributed by atoms with Gasteiger partial charge in [0, 0.05) is 12.3 Å². The zero-order valence-corrected chi connectivity index (χ0v) is 19.0. The van der Waals surface area contributed by atoms with Crippen molar-refractivity contribution in [3.05, 3.63) is 23.8 Å². The lowest BCUT2D eigenvalue weighted by atomic mass is 9.65. The first-order valence-corrected chi connectivity index (χ1v) is 11.4. The number of Topliss-reactive ketones (excluding diaryl/α,β-unsaturated/α-hetero) is 1. The second-order valence-corrected chi connectivity index (χ2v) is 10.1. The Morgan fingerprint density at radius 3 is 2.63 bits per heavy atom. The van der Waals surface area contributed by atoms with Crippen molar-refractivity contribution in [3.8, 4) is 0 Å². The van der Waals surface area contributed by atoms with Gasteiger partial charge < -0.3 is 9.47 Å². The lowest BCUT2D eigenvalue weighted by Crippen LogP contribution is -2.43. The molecule has 30 heavy (non-hydrogen) atoms. The molecule has 0 N–H and O–H groups in total. The van der Waals surface area contributed by atoms with Gasteiger partial charge in [-0.05, 0) is 62.9 Å². The Hall–Kier alpha value is -1.91. The van der Waals surface area contributed by atoms with Crippen molar-refractivity contribution in [2.75, 3.05) is 0 Å². The highest BCUT2D eigenvalue weighted by Gasteiger charge is 2.43. The molecule has 0 bridgehead atoms. The Labute approximate surface area is 180 Å². The van der Waals surface area contributed by atoms with Crippen molar-refractivity contribution < 1.29 is 23.9 Å². The Kier molecular flexibility index (Phi) is 6.88. The van der Waals surface area contributed by atoms with Crippen LogP contribution in [0.3, 0.4) is 0 Å². The van der Waals surface area contributed by atoms with E-state index in [0.717, 1.165) is 19.3 Å². The minimum Gasteiger partial charge on any atom is -0.462 e. The van der Waals surface area contributed by atoms with Crippen molar-refractivity contribution in [1.82, 2.24) is 0 Å². The van der Waals surface area contributed by atoms with Crippen LogP contribution in [0.5, 0.6) is 0 Å². The molecule has 0 aromatic heterocycles. The largest absolute Gasteiger partial charge is 0.462 e. The number of carbonyl (C=O) groups is 3. The van der Waals surface area contributed by atoms with E-state index in [1.165, 1.54) is 5.57 Å². The maximum absolute atomic E-state index is 12.9. The van der Waals surface area contributed by atoms with Crippen LogP contribution >= 0.6 is 0 Å². The molecule has 0 aromatic rings. The number of esters is 2. The molecule has 0 radical (unpaired) electrons. The van der Waals surface area contributed by atoms with Gasteiger partial charge in [-0.3, -0.25) is 14.4 Å². The number of hydrogen-bond donors (Lipinski definition) is 0. The van der Waals surface area contributed by atoms with Gasteiger partial charge in [0.1, 0.15) is 24.4 Å². The normalized spacial score (nSPS) is 34.1.